The van der Waals surface area contributed by atoms with Crippen LogP contribution in [0.15, 0.2) is 46.9 Å². The molecule has 1 atom stereocenters. The first-order valence-corrected chi connectivity index (χ1v) is 10.7. The maximum atomic E-state index is 13.2. The van der Waals surface area contributed by atoms with Crippen molar-refractivity contribution in [3.63, 3.8) is 0 Å². The van der Waals surface area contributed by atoms with E-state index in [9.17, 15) is 9.59 Å². The van der Waals surface area contributed by atoms with Crippen molar-refractivity contribution in [1.29, 1.82) is 0 Å². The highest BCUT2D eigenvalue weighted by Crippen LogP contribution is 2.13. The predicted molar refractivity (Wildman–Crippen MR) is 117 cm³/mol. The normalized spacial score (nSPS) is 12.0. The molecule has 0 radical (unpaired) electrons. The summed E-state index contributed by atoms with van der Waals surface area (Å²) in [6.07, 6.45) is 1.60. The number of hydrogen-bond donors (Lipinski definition) is 0. The molecule has 0 aliphatic rings. The Balaban J connectivity index is 2.11. The van der Waals surface area contributed by atoms with E-state index in [4.69, 9.17) is 9.15 Å². The van der Waals surface area contributed by atoms with Crippen molar-refractivity contribution < 1.29 is 18.7 Å². The van der Waals surface area contributed by atoms with Crippen LogP contribution in [0.4, 0.5) is 0 Å². The highest BCUT2D eigenvalue weighted by Gasteiger charge is 2.26. The fourth-order valence-electron chi connectivity index (χ4n) is 3.34. The van der Waals surface area contributed by atoms with Gasteiger partial charge < -0.3 is 14.1 Å². The summed E-state index contributed by atoms with van der Waals surface area (Å²) in [4.78, 5) is 29.2. The van der Waals surface area contributed by atoms with Gasteiger partial charge in [0, 0.05) is 6.54 Å². The van der Waals surface area contributed by atoms with Crippen molar-refractivity contribution in [2.75, 3.05) is 26.2 Å². The van der Waals surface area contributed by atoms with Crippen molar-refractivity contribution in [2.45, 2.75) is 53.1 Å². The molecular weight excluding hydrogens is 380 g/mol. The Bertz CT molecular complexity index is 788. The average molecular weight is 415 g/mol. The van der Waals surface area contributed by atoms with Crippen molar-refractivity contribution in [3.8, 4) is 0 Å². The molecule has 0 bridgehead atoms. The van der Waals surface area contributed by atoms with Crippen LogP contribution in [0.1, 0.15) is 44.3 Å². The highest BCUT2D eigenvalue weighted by molar-refractivity contribution is 5.80. The number of nitrogens with zero attached hydrogens (tertiary/aromatic N) is 2. The number of esters is 1. The Labute approximate surface area is 179 Å². The molecule has 1 heterocycles. The van der Waals surface area contributed by atoms with Crippen molar-refractivity contribution >= 4 is 11.9 Å². The van der Waals surface area contributed by atoms with Crippen LogP contribution in [0.5, 0.6) is 0 Å². The van der Waals surface area contributed by atoms with Gasteiger partial charge >= 0.3 is 5.97 Å². The monoisotopic (exact) mass is 414 g/mol. The van der Waals surface area contributed by atoms with Crippen LogP contribution in [-0.4, -0.2) is 54.0 Å². The zero-order valence-corrected chi connectivity index (χ0v) is 18.6. The van der Waals surface area contributed by atoms with Gasteiger partial charge in [0.15, 0.2) is 0 Å². The summed E-state index contributed by atoms with van der Waals surface area (Å²) in [6, 6.07) is 13.5. The molecule has 1 aromatic carbocycles. The van der Waals surface area contributed by atoms with Gasteiger partial charge in [-0.2, -0.15) is 0 Å². The second kappa shape index (κ2) is 12.2. The Kier molecular flexibility index (Phi) is 9.61. The summed E-state index contributed by atoms with van der Waals surface area (Å²) in [6.45, 7) is 9.65. The Morgan fingerprint density at radius 1 is 1.07 bits per heavy atom. The van der Waals surface area contributed by atoms with Crippen LogP contribution in [-0.2, 0) is 27.3 Å². The average Bonchev–Trinajstić information content (AvgIpc) is 3.15. The summed E-state index contributed by atoms with van der Waals surface area (Å²) in [5.74, 6) is 1.26. The molecule has 0 saturated carbocycles. The van der Waals surface area contributed by atoms with Gasteiger partial charge in [-0.25, -0.2) is 0 Å². The summed E-state index contributed by atoms with van der Waals surface area (Å²) < 4.78 is 10.9. The van der Waals surface area contributed by atoms with Gasteiger partial charge in [-0.3, -0.25) is 14.5 Å². The number of aryl methyl sites for hydroxylation is 1. The lowest BCUT2D eigenvalue weighted by Gasteiger charge is -2.30. The number of hydrogen-bond acceptors (Lipinski definition) is 5. The van der Waals surface area contributed by atoms with Crippen molar-refractivity contribution in [3.05, 3.63) is 59.5 Å². The maximum Gasteiger partial charge on any atom is 0.323 e. The molecule has 1 unspecified atom stereocenters. The van der Waals surface area contributed by atoms with E-state index in [0.717, 1.165) is 24.4 Å². The maximum absolute atomic E-state index is 13.2. The molecule has 6 nitrogen and oxygen atoms in total. The molecule has 0 aliphatic carbocycles. The molecule has 164 valence electrons. The van der Waals surface area contributed by atoms with Gasteiger partial charge in [0.1, 0.15) is 17.6 Å². The third-order valence-corrected chi connectivity index (χ3v) is 5.03. The Morgan fingerprint density at radius 3 is 2.40 bits per heavy atom. The Morgan fingerprint density at radius 2 is 1.80 bits per heavy atom. The van der Waals surface area contributed by atoms with Gasteiger partial charge in [-0.1, -0.05) is 37.3 Å². The summed E-state index contributed by atoms with van der Waals surface area (Å²) in [5, 5.41) is 0. The fourth-order valence-corrected chi connectivity index (χ4v) is 3.34. The van der Waals surface area contributed by atoms with E-state index in [1.165, 1.54) is 5.56 Å². The Hall–Kier alpha value is -2.60. The number of benzene rings is 1. The molecule has 6 heteroatoms. The second-order valence-corrected chi connectivity index (χ2v) is 7.46. The molecule has 1 aromatic heterocycles. The third-order valence-electron chi connectivity index (χ3n) is 5.03. The predicted octanol–water partition coefficient (Wildman–Crippen LogP) is 3.82. The quantitative estimate of drug-likeness (QED) is 0.494. The minimum Gasteiger partial charge on any atom is -0.465 e. The second-order valence-electron chi connectivity index (χ2n) is 7.46. The molecule has 0 N–H and O–H groups in total. The van der Waals surface area contributed by atoms with E-state index < -0.39 is 6.04 Å². The number of carbonyl (C=O) groups is 2. The van der Waals surface area contributed by atoms with E-state index >= 15 is 0 Å². The minimum atomic E-state index is -0.462. The largest absolute Gasteiger partial charge is 0.465 e. The van der Waals surface area contributed by atoms with Crippen LogP contribution >= 0.6 is 0 Å². The first kappa shape index (κ1) is 23.7. The lowest BCUT2D eigenvalue weighted by atomic mass is 10.1. The molecule has 0 spiro atoms. The number of furan rings is 1. The van der Waals surface area contributed by atoms with E-state index in [1.54, 1.807) is 13.8 Å². The number of rotatable bonds is 12. The van der Waals surface area contributed by atoms with Gasteiger partial charge in [-0.05, 0) is 57.9 Å². The number of amides is 1. The minimum absolute atomic E-state index is 0.0235. The molecule has 0 fully saturated rings. The lowest BCUT2D eigenvalue weighted by Crippen LogP contribution is -2.47. The zero-order chi connectivity index (χ0) is 21.9. The van der Waals surface area contributed by atoms with Crippen LogP contribution < -0.4 is 0 Å². The highest BCUT2D eigenvalue weighted by atomic mass is 16.5. The summed E-state index contributed by atoms with van der Waals surface area (Å²) >= 11 is 0. The smallest absolute Gasteiger partial charge is 0.323 e. The van der Waals surface area contributed by atoms with E-state index in [0.29, 0.717) is 26.2 Å². The molecule has 30 heavy (non-hydrogen) atoms. The van der Waals surface area contributed by atoms with E-state index in [2.05, 4.69) is 12.1 Å². The molecule has 2 rings (SSSR count). The first-order chi connectivity index (χ1) is 14.4. The SMILES string of the molecule is CCCN(CC(=O)N(CCc1ccccc1)Cc1ccc(C)o1)C(C)C(=O)OCC. The van der Waals surface area contributed by atoms with E-state index in [-0.39, 0.29) is 18.4 Å². The third kappa shape index (κ3) is 7.34. The van der Waals surface area contributed by atoms with Crippen LogP contribution in [0.3, 0.4) is 0 Å². The summed E-state index contributed by atoms with van der Waals surface area (Å²) in [7, 11) is 0. The molecule has 0 aliphatic heterocycles. The van der Waals surface area contributed by atoms with Gasteiger partial charge in [-0.15, -0.1) is 0 Å². The fraction of sp³-hybridized carbons (Fsp3) is 0.500. The van der Waals surface area contributed by atoms with Crippen molar-refractivity contribution in [1.82, 2.24) is 9.80 Å². The van der Waals surface area contributed by atoms with Crippen LogP contribution in [0.25, 0.3) is 0 Å². The van der Waals surface area contributed by atoms with Crippen LogP contribution in [0.2, 0.25) is 0 Å². The molecule has 2 aromatic rings. The number of ether oxygens (including phenoxy) is 1. The first-order valence-electron chi connectivity index (χ1n) is 10.7. The number of carbonyl (C=O) groups excluding carboxylic acids is 2. The molecule has 1 amide bonds. The van der Waals surface area contributed by atoms with Gasteiger partial charge in [0.05, 0.1) is 19.7 Å². The van der Waals surface area contributed by atoms with Gasteiger partial charge in [0.2, 0.25) is 5.91 Å². The molecule has 0 saturated heterocycles. The van der Waals surface area contributed by atoms with Gasteiger partial charge in [0.25, 0.3) is 0 Å². The summed E-state index contributed by atoms with van der Waals surface area (Å²) in [5.41, 5.74) is 1.18. The lowest BCUT2D eigenvalue weighted by molar-refractivity contribution is -0.150. The standard InChI is InChI=1S/C24H34N2O4/c1-5-15-25(20(4)24(28)29-6-2)18-23(27)26(17-22-13-12-19(3)30-22)16-14-21-10-8-7-9-11-21/h7-13,20H,5-6,14-18H2,1-4H3. The van der Waals surface area contributed by atoms with Crippen LogP contribution in [0, 0.1) is 6.92 Å². The zero-order valence-electron chi connectivity index (χ0n) is 18.6. The topological polar surface area (TPSA) is 63.0 Å². The molecular formula is C24H34N2O4. The van der Waals surface area contributed by atoms with E-state index in [1.807, 2.05) is 54.0 Å². The van der Waals surface area contributed by atoms with Crippen molar-refractivity contribution in [2.24, 2.45) is 0 Å².